The van der Waals surface area contributed by atoms with E-state index in [0.29, 0.717) is 16.9 Å². The number of likely N-dealkylation sites (tertiary alicyclic amines) is 1. The molecule has 1 amide bonds. The van der Waals surface area contributed by atoms with Crippen molar-refractivity contribution in [3.63, 3.8) is 0 Å². The van der Waals surface area contributed by atoms with Gasteiger partial charge < -0.3 is 20.7 Å². The van der Waals surface area contributed by atoms with E-state index in [2.05, 4.69) is 17.1 Å². The smallest absolute Gasteiger partial charge is 0.255 e. The van der Waals surface area contributed by atoms with Gasteiger partial charge in [-0.25, -0.2) is 0 Å². The van der Waals surface area contributed by atoms with Crippen LogP contribution in [0.2, 0.25) is 0 Å². The molecule has 1 aliphatic carbocycles. The lowest BCUT2D eigenvalue weighted by Crippen LogP contribution is -2.39. The molecule has 2 fully saturated rings. The van der Waals surface area contributed by atoms with Gasteiger partial charge in [0, 0.05) is 25.2 Å². The van der Waals surface area contributed by atoms with Crippen molar-refractivity contribution in [2.24, 2.45) is 11.8 Å². The number of para-hydroxylation sites is 2. The van der Waals surface area contributed by atoms with Crippen molar-refractivity contribution in [2.75, 3.05) is 30.7 Å². The van der Waals surface area contributed by atoms with Crippen LogP contribution in [0.15, 0.2) is 48.5 Å². The van der Waals surface area contributed by atoms with E-state index in [4.69, 9.17) is 10.5 Å². The van der Waals surface area contributed by atoms with Crippen LogP contribution in [0.1, 0.15) is 36.5 Å². The highest BCUT2D eigenvalue weighted by Gasteiger charge is 2.34. The molecule has 1 saturated heterocycles. The molecular weight excluding hydrogens is 350 g/mol. The number of hydrogen-bond donors (Lipinski definition) is 2. The van der Waals surface area contributed by atoms with Gasteiger partial charge >= 0.3 is 0 Å². The number of hydrogen-bond acceptors (Lipinski definition) is 4. The number of amides is 1. The average molecular weight is 380 g/mol. The van der Waals surface area contributed by atoms with Gasteiger partial charge in [0.1, 0.15) is 11.9 Å². The lowest BCUT2D eigenvalue weighted by atomic mass is 10.1. The maximum Gasteiger partial charge on any atom is 0.255 e. The predicted octanol–water partition coefficient (Wildman–Crippen LogP) is 4.02. The standard InChI is InChI=1S/C23H29N3O2/c1-16-14-18(16)15-26-12-10-20(11-13-26)28-19-8-6-17(7-9-19)23(27)25-22-5-3-2-4-21(22)24/h2-9,16,18,20H,10-15,24H2,1H3,(H,25,27). The first-order valence-corrected chi connectivity index (χ1v) is 10.2. The van der Waals surface area contributed by atoms with Gasteiger partial charge in [0.05, 0.1) is 11.4 Å². The summed E-state index contributed by atoms with van der Waals surface area (Å²) in [6, 6.07) is 14.6. The van der Waals surface area contributed by atoms with E-state index < -0.39 is 0 Å². The first-order valence-electron chi connectivity index (χ1n) is 10.2. The Morgan fingerprint density at radius 1 is 1.14 bits per heavy atom. The number of piperidine rings is 1. The number of benzene rings is 2. The van der Waals surface area contributed by atoms with Crippen molar-refractivity contribution in [2.45, 2.75) is 32.3 Å². The molecule has 0 bridgehead atoms. The largest absolute Gasteiger partial charge is 0.490 e. The number of nitrogens with zero attached hydrogens (tertiary/aromatic N) is 1. The van der Waals surface area contributed by atoms with Crippen LogP contribution in [0.25, 0.3) is 0 Å². The third-order valence-electron chi connectivity index (χ3n) is 5.93. The normalized spacial score (nSPS) is 22.6. The summed E-state index contributed by atoms with van der Waals surface area (Å²) in [5.41, 5.74) is 7.65. The van der Waals surface area contributed by atoms with E-state index in [1.54, 1.807) is 24.3 Å². The first kappa shape index (κ1) is 18.8. The van der Waals surface area contributed by atoms with Crippen molar-refractivity contribution in [3.8, 4) is 5.75 Å². The average Bonchev–Trinajstić information content (AvgIpc) is 3.40. The van der Waals surface area contributed by atoms with Crippen LogP contribution in [-0.4, -0.2) is 36.5 Å². The van der Waals surface area contributed by atoms with E-state index in [-0.39, 0.29) is 12.0 Å². The third kappa shape index (κ3) is 4.65. The number of carbonyl (C=O) groups is 1. The van der Waals surface area contributed by atoms with E-state index in [0.717, 1.165) is 43.5 Å². The topological polar surface area (TPSA) is 67.6 Å². The maximum atomic E-state index is 12.4. The summed E-state index contributed by atoms with van der Waals surface area (Å²) in [6.07, 6.45) is 3.79. The minimum absolute atomic E-state index is 0.174. The van der Waals surface area contributed by atoms with Gasteiger partial charge in [-0.3, -0.25) is 4.79 Å². The van der Waals surface area contributed by atoms with Gasteiger partial charge in [-0.2, -0.15) is 0 Å². The van der Waals surface area contributed by atoms with E-state index in [1.807, 2.05) is 24.3 Å². The molecule has 0 aromatic heterocycles. The lowest BCUT2D eigenvalue weighted by Gasteiger charge is -2.32. The molecule has 0 spiro atoms. The molecule has 148 valence electrons. The Kier molecular flexibility index (Phi) is 5.53. The summed E-state index contributed by atoms with van der Waals surface area (Å²) in [6.45, 7) is 5.84. The van der Waals surface area contributed by atoms with Crippen LogP contribution in [0.4, 0.5) is 11.4 Å². The summed E-state index contributed by atoms with van der Waals surface area (Å²) in [4.78, 5) is 15.0. The van der Waals surface area contributed by atoms with E-state index in [9.17, 15) is 4.79 Å². The Bertz CT molecular complexity index is 813. The molecule has 2 aromatic carbocycles. The van der Waals surface area contributed by atoms with Crippen LogP contribution >= 0.6 is 0 Å². The van der Waals surface area contributed by atoms with Crippen molar-refractivity contribution in [1.29, 1.82) is 0 Å². The molecule has 2 aromatic rings. The Morgan fingerprint density at radius 3 is 2.46 bits per heavy atom. The Hall–Kier alpha value is -2.53. The number of ether oxygens (including phenoxy) is 1. The quantitative estimate of drug-likeness (QED) is 0.744. The first-order chi connectivity index (χ1) is 13.6. The molecule has 2 aliphatic rings. The number of anilines is 2. The van der Waals surface area contributed by atoms with Crippen molar-refractivity contribution < 1.29 is 9.53 Å². The molecule has 0 radical (unpaired) electrons. The fourth-order valence-corrected chi connectivity index (χ4v) is 3.88. The zero-order valence-corrected chi connectivity index (χ0v) is 16.4. The lowest BCUT2D eigenvalue weighted by molar-refractivity contribution is 0.0972. The summed E-state index contributed by atoms with van der Waals surface area (Å²) in [5.74, 6) is 2.49. The third-order valence-corrected chi connectivity index (χ3v) is 5.93. The summed E-state index contributed by atoms with van der Waals surface area (Å²) >= 11 is 0. The number of carbonyl (C=O) groups excluding carboxylic acids is 1. The highest BCUT2D eigenvalue weighted by molar-refractivity contribution is 6.05. The van der Waals surface area contributed by atoms with Crippen molar-refractivity contribution in [1.82, 2.24) is 4.90 Å². The van der Waals surface area contributed by atoms with Gasteiger partial charge in [-0.05, 0) is 67.5 Å². The second kappa shape index (κ2) is 8.23. The maximum absolute atomic E-state index is 12.4. The van der Waals surface area contributed by atoms with Crippen LogP contribution in [0, 0.1) is 11.8 Å². The molecule has 1 saturated carbocycles. The van der Waals surface area contributed by atoms with Gasteiger partial charge in [0.15, 0.2) is 0 Å². The highest BCUT2D eigenvalue weighted by atomic mass is 16.5. The zero-order chi connectivity index (χ0) is 19.5. The second-order valence-electron chi connectivity index (χ2n) is 8.16. The Labute approximate surface area is 166 Å². The van der Waals surface area contributed by atoms with Crippen LogP contribution in [0.5, 0.6) is 5.75 Å². The van der Waals surface area contributed by atoms with Crippen molar-refractivity contribution in [3.05, 3.63) is 54.1 Å². The van der Waals surface area contributed by atoms with E-state index >= 15 is 0 Å². The zero-order valence-electron chi connectivity index (χ0n) is 16.4. The number of nitrogen functional groups attached to an aromatic ring is 1. The molecule has 5 nitrogen and oxygen atoms in total. The minimum atomic E-state index is -0.174. The molecular formula is C23H29N3O2. The Morgan fingerprint density at radius 2 is 1.82 bits per heavy atom. The molecule has 28 heavy (non-hydrogen) atoms. The summed E-state index contributed by atoms with van der Waals surface area (Å²) < 4.78 is 6.14. The highest BCUT2D eigenvalue weighted by Crippen LogP contribution is 2.38. The SMILES string of the molecule is CC1CC1CN1CCC(Oc2ccc(C(=O)Nc3ccccc3N)cc2)CC1. The van der Waals surface area contributed by atoms with Crippen LogP contribution in [-0.2, 0) is 0 Å². The van der Waals surface area contributed by atoms with Gasteiger partial charge in [0.25, 0.3) is 5.91 Å². The number of nitrogens with one attached hydrogen (secondary N) is 1. The van der Waals surface area contributed by atoms with Gasteiger partial charge in [0.2, 0.25) is 0 Å². The summed E-state index contributed by atoms with van der Waals surface area (Å²) in [5, 5.41) is 2.85. The minimum Gasteiger partial charge on any atom is -0.490 e. The van der Waals surface area contributed by atoms with Crippen LogP contribution < -0.4 is 15.8 Å². The molecule has 1 heterocycles. The summed E-state index contributed by atoms with van der Waals surface area (Å²) in [7, 11) is 0. The number of rotatable bonds is 6. The fraction of sp³-hybridized carbons (Fsp3) is 0.435. The molecule has 3 N–H and O–H groups in total. The molecule has 4 rings (SSSR count). The number of nitrogens with two attached hydrogens (primary N) is 1. The molecule has 1 aliphatic heterocycles. The van der Waals surface area contributed by atoms with Crippen LogP contribution in [0.3, 0.4) is 0 Å². The van der Waals surface area contributed by atoms with Gasteiger partial charge in [-0.15, -0.1) is 0 Å². The fourth-order valence-electron chi connectivity index (χ4n) is 3.88. The molecule has 5 heteroatoms. The Balaban J connectivity index is 1.26. The van der Waals surface area contributed by atoms with E-state index in [1.165, 1.54) is 13.0 Å². The molecule has 2 unspecified atom stereocenters. The molecule has 2 atom stereocenters. The van der Waals surface area contributed by atoms with Crippen molar-refractivity contribution >= 4 is 17.3 Å². The predicted molar refractivity (Wildman–Crippen MR) is 113 cm³/mol. The van der Waals surface area contributed by atoms with Gasteiger partial charge in [-0.1, -0.05) is 19.1 Å². The second-order valence-corrected chi connectivity index (χ2v) is 8.16. The monoisotopic (exact) mass is 379 g/mol.